The van der Waals surface area contributed by atoms with Gasteiger partial charge in [0.2, 0.25) is 0 Å². The van der Waals surface area contributed by atoms with Gasteiger partial charge in [0.1, 0.15) is 22.9 Å². The Kier molecular flexibility index (Phi) is 5.96. The lowest BCUT2D eigenvalue weighted by molar-refractivity contribution is 1.16. The second-order valence-corrected chi connectivity index (χ2v) is 13.9. The van der Waals surface area contributed by atoms with Crippen LogP contribution in [0, 0.1) is 0 Å². The van der Waals surface area contributed by atoms with E-state index in [1.165, 1.54) is 10.8 Å². The van der Waals surface area contributed by atoms with E-state index in [-0.39, 0.29) is 0 Å². The smallest absolute Gasteiger partial charge is 0.149 e. The van der Waals surface area contributed by atoms with E-state index in [0.29, 0.717) is 0 Å². The minimum absolute atomic E-state index is 0.870. The zero-order chi connectivity index (χ0) is 35.3. The summed E-state index contributed by atoms with van der Waals surface area (Å²) >= 11 is 0. The lowest BCUT2D eigenvalue weighted by Crippen LogP contribution is -1.99. The maximum Gasteiger partial charge on any atom is 0.149 e. The number of nitrogens with zero attached hydrogens (tertiary/aromatic N) is 6. The molecule has 0 saturated heterocycles. The third-order valence-corrected chi connectivity index (χ3v) is 10.9. The molecular weight excluding hydrogens is 661 g/mol. The van der Waals surface area contributed by atoms with Crippen LogP contribution in [0.2, 0.25) is 0 Å². The molecule has 0 atom stereocenters. The summed E-state index contributed by atoms with van der Waals surface area (Å²) in [4.78, 5) is 20.9. The SMILES string of the molecule is c1ccc2c(c1)ccc1nc(-c3ccc(-c4ccc(-c5nc6ccc7ccccc7c6c6nc7ccccc7n56)cc4)cc3)n3c4ccccc4nc3c12. The van der Waals surface area contributed by atoms with Crippen LogP contribution in [0.5, 0.6) is 0 Å². The lowest BCUT2D eigenvalue weighted by atomic mass is 10.0. The molecule has 0 saturated carbocycles. The van der Waals surface area contributed by atoms with Gasteiger partial charge in [-0.2, -0.15) is 0 Å². The second-order valence-electron chi connectivity index (χ2n) is 13.9. The van der Waals surface area contributed by atoms with Gasteiger partial charge in [-0.15, -0.1) is 0 Å². The zero-order valence-electron chi connectivity index (χ0n) is 28.8. The fourth-order valence-corrected chi connectivity index (χ4v) is 8.33. The number of para-hydroxylation sites is 4. The van der Waals surface area contributed by atoms with Crippen LogP contribution in [-0.2, 0) is 0 Å². The number of benzene rings is 8. The summed E-state index contributed by atoms with van der Waals surface area (Å²) < 4.78 is 4.43. The Labute approximate surface area is 308 Å². The van der Waals surface area contributed by atoms with E-state index in [4.69, 9.17) is 19.9 Å². The zero-order valence-corrected chi connectivity index (χ0v) is 28.8. The quantitative estimate of drug-likeness (QED) is 0.173. The molecule has 0 bridgehead atoms. The Balaban J connectivity index is 0.979. The molecule has 0 radical (unpaired) electrons. The fraction of sp³-hybridized carbons (Fsp3) is 0. The summed E-state index contributed by atoms with van der Waals surface area (Å²) in [5.41, 5.74) is 12.0. The highest BCUT2D eigenvalue weighted by Crippen LogP contribution is 2.36. The summed E-state index contributed by atoms with van der Waals surface area (Å²) in [6, 6.07) is 59.5. The van der Waals surface area contributed by atoms with Crippen LogP contribution in [0.25, 0.3) is 111 Å². The number of rotatable bonds is 3. The first kappa shape index (κ1) is 29.2. The average Bonchev–Trinajstić information content (AvgIpc) is 3.83. The molecule has 8 aromatic carbocycles. The third kappa shape index (κ3) is 4.16. The highest BCUT2D eigenvalue weighted by Gasteiger charge is 2.19. The van der Waals surface area contributed by atoms with Gasteiger partial charge >= 0.3 is 0 Å². The molecule has 0 amide bonds. The van der Waals surface area contributed by atoms with E-state index in [2.05, 4.69) is 167 Å². The first-order valence-electron chi connectivity index (χ1n) is 18.2. The summed E-state index contributed by atoms with van der Waals surface area (Å²) in [7, 11) is 0. The van der Waals surface area contributed by atoms with Crippen molar-refractivity contribution in [2.75, 3.05) is 0 Å². The van der Waals surface area contributed by atoms with Crippen molar-refractivity contribution in [1.29, 1.82) is 0 Å². The molecule has 12 aromatic rings. The van der Waals surface area contributed by atoms with Crippen LogP contribution in [0.4, 0.5) is 0 Å². The first-order chi connectivity index (χ1) is 26.8. The molecule has 12 rings (SSSR count). The van der Waals surface area contributed by atoms with Crippen molar-refractivity contribution in [2.24, 2.45) is 0 Å². The molecule has 0 fully saturated rings. The Hall–Kier alpha value is -7.44. The van der Waals surface area contributed by atoms with Crippen molar-refractivity contribution in [1.82, 2.24) is 28.7 Å². The van der Waals surface area contributed by atoms with Crippen molar-refractivity contribution in [3.8, 4) is 33.9 Å². The number of hydrogen-bond acceptors (Lipinski definition) is 4. The number of hydrogen-bond donors (Lipinski definition) is 0. The van der Waals surface area contributed by atoms with Crippen molar-refractivity contribution in [2.45, 2.75) is 0 Å². The third-order valence-electron chi connectivity index (χ3n) is 10.9. The van der Waals surface area contributed by atoms with Gasteiger partial charge in [-0.1, -0.05) is 133 Å². The molecule has 250 valence electrons. The number of imidazole rings is 2. The molecular formula is C48H28N6. The summed E-state index contributed by atoms with van der Waals surface area (Å²) in [6.45, 7) is 0. The first-order valence-corrected chi connectivity index (χ1v) is 18.2. The van der Waals surface area contributed by atoms with E-state index in [9.17, 15) is 0 Å². The topological polar surface area (TPSA) is 60.4 Å². The Bertz CT molecular complexity index is 3250. The van der Waals surface area contributed by atoms with Crippen LogP contribution in [0.15, 0.2) is 170 Å². The van der Waals surface area contributed by atoms with Gasteiger partial charge in [0, 0.05) is 11.1 Å². The highest BCUT2D eigenvalue weighted by atomic mass is 15.1. The number of aromatic nitrogens is 6. The molecule has 4 heterocycles. The van der Waals surface area contributed by atoms with Crippen LogP contribution in [0.3, 0.4) is 0 Å². The summed E-state index contributed by atoms with van der Waals surface area (Å²) in [5.74, 6) is 1.74. The lowest BCUT2D eigenvalue weighted by Gasteiger charge is -2.12. The standard InChI is InChI=1S/C48H28N6/c1-3-11-35-31(9-1)25-27-39-43(35)47-49-37-13-5-7-15-41(37)53(47)45(51-39)33-21-17-29(18-22-33)30-19-23-34(24-20-30)46-52-40-28-26-32-10-2-4-12-36(32)44(40)48-50-38-14-6-8-16-42(38)54(46)48/h1-28H. The van der Waals surface area contributed by atoms with Crippen molar-refractivity contribution in [3.05, 3.63) is 170 Å². The van der Waals surface area contributed by atoms with Crippen molar-refractivity contribution < 1.29 is 0 Å². The molecule has 0 N–H and O–H groups in total. The monoisotopic (exact) mass is 688 g/mol. The van der Waals surface area contributed by atoms with Gasteiger partial charge in [0.25, 0.3) is 0 Å². The summed E-state index contributed by atoms with van der Waals surface area (Å²) in [5, 5.41) is 6.80. The van der Waals surface area contributed by atoms with E-state index in [0.717, 1.165) is 99.8 Å². The molecule has 0 aliphatic rings. The van der Waals surface area contributed by atoms with Crippen molar-refractivity contribution >= 4 is 76.7 Å². The van der Waals surface area contributed by atoms with Crippen molar-refractivity contribution in [3.63, 3.8) is 0 Å². The van der Waals surface area contributed by atoms with Gasteiger partial charge in [-0.05, 0) is 69.1 Å². The Morgan fingerprint density at radius 3 is 1.15 bits per heavy atom. The van der Waals surface area contributed by atoms with E-state index >= 15 is 0 Å². The molecule has 54 heavy (non-hydrogen) atoms. The molecule has 6 heteroatoms. The Morgan fingerprint density at radius 2 is 0.685 bits per heavy atom. The summed E-state index contributed by atoms with van der Waals surface area (Å²) in [6.07, 6.45) is 0. The van der Waals surface area contributed by atoms with E-state index < -0.39 is 0 Å². The number of fused-ring (bicyclic) bond motifs is 14. The maximum absolute atomic E-state index is 5.28. The second kappa shape index (κ2) is 11.0. The molecule has 6 nitrogen and oxygen atoms in total. The van der Waals surface area contributed by atoms with E-state index in [1.54, 1.807) is 0 Å². The largest absolute Gasteiger partial charge is 0.276 e. The highest BCUT2D eigenvalue weighted by molar-refractivity contribution is 6.15. The van der Waals surface area contributed by atoms with Gasteiger partial charge in [0.15, 0.2) is 0 Å². The molecule has 0 aliphatic heterocycles. The predicted molar refractivity (Wildman–Crippen MR) is 221 cm³/mol. The van der Waals surface area contributed by atoms with E-state index in [1.807, 2.05) is 12.1 Å². The van der Waals surface area contributed by atoms with Crippen LogP contribution >= 0.6 is 0 Å². The normalized spacial score (nSPS) is 12.1. The maximum atomic E-state index is 5.28. The molecule has 0 aliphatic carbocycles. The van der Waals surface area contributed by atoms with Crippen LogP contribution in [-0.4, -0.2) is 28.7 Å². The minimum Gasteiger partial charge on any atom is -0.276 e. The molecule has 0 spiro atoms. The van der Waals surface area contributed by atoms with Gasteiger partial charge < -0.3 is 0 Å². The molecule has 0 unspecified atom stereocenters. The van der Waals surface area contributed by atoms with Crippen LogP contribution in [0.1, 0.15) is 0 Å². The fourth-order valence-electron chi connectivity index (χ4n) is 8.33. The molecule has 4 aromatic heterocycles. The van der Waals surface area contributed by atoms with Gasteiger partial charge in [-0.3, -0.25) is 8.80 Å². The van der Waals surface area contributed by atoms with Crippen LogP contribution < -0.4 is 0 Å². The van der Waals surface area contributed by atoms with Gasteiger partial charge in [0.05, 0.1) is 43.9 Å². The van der Waals surface area contributed by atoms with Gasteiger partial charge in [-0.25, -0.2) is 19.9 Å². The minimum atomic E-state index is 0.870. The predicted octanol–water partition coefficient (Wildman–Crippen LogP) is 11.7. The Morgan fingerprint density at radius 1 is 0.296 bits per heavy atom. The average molecular weight is 689 g/mol.